The monoisotopic (exact) mass is 451 g/mol. The Labute approximate surface area is 183 Å². The first-order valence-electron chi connectivity index (χ1n) is 9.28. The van der Waals surface area contributed by atoms with Gasteiger partial charge < -0.3 is 14.6 Å². The predicted molar refractivity (Wildman–Crippen MR) is 115 cm³/mol. The molecule has 2 aromatic carbocycles. The van der Waals surface area contributed by atoms with Crippen LogP contribution in [0.3, 0.4) is 0 Å². The summed E-state index contributed by atoms with van der Waals surface area (Å²) in [6.45, 7) is 3.30. The maximum Gasteiger partial charge on any atom is 0.344 e. The van der Waals surface area contributed by atoms with E-state index in [-0.39, 0.29) is 16.7 Å². The van der Waals surface area contributed by atoms with E-state index in [1.54, 1.807) is 12.1 Å². The largest absolute Gasteiger partial charge is 0.496 e. The zero-order valence-electron chi connectivity index (χ0n) is 16.6. The molecule has 5 nitrogen and oxygen atoms in total. The van der Waals surface area contributed by atoms with Crippen molar-refractivity contribution in [1.82, 2.24) is 4.98 Å². The van der Waals surface area contributed by atoms with Gasteiger partial charge in [0.05, 0.1) is 12.5 Å². The summed E-state index contributed by atoms with van der Waals surface area (Å²) in [6, 6.07) is 7.77. The molecule has 0 fully saturated rings. The molecule has 0 amide bonds. The Bertz CT molecular complexity index is 1120. The number of ether oxygens (including phenoxy) is 2. The van der Waals surface area contributed by atoms with Crippen molar-refractivity contribution >= 4 is 40.1 Å². The van der Waals surface area contributed by atoms with Crippen LogP contribution in [-0.4, -0.2) is 29.3 Å². The maximum atomic E-state index is 14.6. The van der Waals surface area contributed by atoms with E-state index in [1.807, 2.05) is 13.0 Å². The van der Waals surface area contributed by atoms with Crippen molar-refractivity contribution in [2.24, 2.45) is 0 Å². The highest BCUT2D eigenvalue weighted by Crippen LogP contribution is 2.40. The van der Waals surface area contributed by atoms with E-state index in [0.717, 1.165) is 11.1 Å². The molecule has 0 radical (unpaired) electrons. The number of carboxylic acid groups (broad SMARTS) is 1. The van der Waals surface area contributed by atoms with Gasteiger partial charge in [0, 0.05) is 27.7 Å². The molecule has 3 rings (SSSR count). The molecule has 1 unspecified atom stereocenters. The number of methoxy groups -OCH3 is 1. The predicted octanol–water partition coefficient (Wildman–Crippen LogP) is 5.69. The third kappa shape index (κ3) is 4.30. The number of carbonyl (C=O) groups is 1. The van der Waals surface area contributed by atoms with E-state index in [1.165, 1.54) is 26.2 Å². The van der Waals surface area contributed by atoms with E-state index in [4.69, 9.17) is 32.7 Å². The number of rotatable bonds is 7. The minimum absolute atomic E-state index is 0.0599. The van der Waals surface area contributed by atoms with Crippen LogP contribution in [0.15, 0.2) is 30.3 Å². The zero-order valence-corrected chi connectivity index (χ0v) is 18.1. The highest BCUT2D eigenvalue weighted by atomic mass is 35.5. The van der Waals surface area contributed by atoms with E-state index in [2.05, 4.69) is 4.98 Å². The van der Waals surface area contributed by atoms with Gasteiger partial charge in [0.2, 0.25) is 0 Å². The molecule has 1 heterocycles. The second-order valence-corrected chi connectivity index (χ2v) is 7.55. The number of benzene rings is 2. The minimum Gasteiger partial charge on any atom is -0.496 e. The fourth-order valence-electron chi connectivity index (χ4n) is 3.25. The summed E-state index contributed by atoms with van der Waals surface area (Å²) in [5.41, 5.74) is 2.22. The number of aryl methyl sites for hydroxylation is 1. The Balaban J connectivity index is 2.26. The van der Waals surface area contributed by atoms with Gasteiger partial charge in [-0.15, -0.1) is 0 Å². The lowest BCUT2D eigenvalue weighted by Gasteiger charge is -2.19. The summed E-state index contributed by atoms with van der Waals surface area (Å²) < 4.78 is 25.9. The fraction of sp³-hybridized carbons (Fsp3) is 0.273. The maximum absolute atomic E-state index is 14.6. The molecule has 3 aromatic rings. The summed E-state index contributed by atoms with van der Waals surface area (Å²) in [5, 5.41) is 10.5. The molecule has 0 aliphatic carbocycles. The lowest BCUT2D eigenvalue weighted by atomic mass is 9.98. The molecular formula is C22H20Cl2FNO4. The summed E-state index contributed by atoms with van der Waals surface area (Å²) in [7, 11) is 1.47. The van der Waals surface area contributed by atoms with Gasteiger partial charge >= 0.3 is 5.97 Å². The molecule has 1 N–H and O–H groups in total. The molecule has 0 spiro atoms. The van der Waals surface area contributed by atoms with Crippen LogP contribution >= 0.6 is 23.2 Å². The molecular weight excluding hydrogens is 432 g/mol. The fourth-order valence-corrected chi connectivity index (χ4v) is 3.73. The number of halogens is 3. The Morgan fingerprint density at radius 3 is 2.60 bits per heavy atom. The second kappa shape index (κ2) is 9.06. The number of aliphatic carboxylic acids is 1. The Morgan fingerprint density at radius 1 is 1.27 bits per heavy atom. The topological polar surface area (TPSA) is 68.7 Å². The summed E-state index contributed by atoms with van der Waals surface area (Å²) in [4.78, 5) is 15.8. The number of nitrogens with zero attached hydrogens (tertiary/aromatic N) is 1. The Kier molecular flexibility index (Phi) is 6.68. The molecule has 0 bridgehead atoms. The number of pyridine rings is 1. The van der Waals surface area contributed by atoms with Crippen LogP contribution in [0.1, 0.15) is 30.7 Å². The van der Waals surface area contributed by atoms with Gasteiger partial charge in [-0.2, -0.15) is 0 Å². The number of hydrogen-bond donors (Lipinski definition) is 1. The quantitative estimate of drug-likeness (QED) is 0.499. The third-order valence-corrected chi connectivity index (χ3v) is 5.35. The zero-order chi connectivity index (χ0) is 22.0. The number of aromatic nitrogens is 1. The number of fused-ring (bicyclic) bond motifs is 1. The van der Waals surface area contributed by atoms with Crippen LogP contribution in [0.25, 0.3) is 10.9 Å². The Morgan fingerprint density at radius 2 is 2.00 bits per heavy atom. The third-order valence-electron chi connectivity index (χ3n) is 4.76. The number of hydrogen-bond acceptors (Lipinski definition) is 4. The molecule has 158 valence electrons. The first kappa shape index (κ1) is 22.1. The molecule has 0 aliphatic rings. The summed E-state index contributed by atoms with van der Waals surface area (Å²) >= 11 is 12.4. The van der Waals surface area contributed by atoms with Crippen LogP contribution in [0.5, 0.6) is 11.5 Å². The van der Waals surface area contributed by atoms with E-state index >= 15 is 0 Å². The summed E-state index contributed by atoms with van der Waals surface area (Å²) in [5.74, 6) is -1.14. The Hall–Kier alpha value is -2.57. The van der Waals surface area contributed by atoms with Crippen LogP contribution in [0.2, 0.25) is 10.0 Å². The smallest absolute Gasteiger partial charge is 0.344 e. The van der Waals surface area contributed by atoms with Crippen molar-refractivity contribution in [1.29, 1.82) is 0 Å². The van der Waals surface area contributed by atoms with Crippen molar-refractivity contribution in [3.63, 3.8) is 0 Å². The van der Waals surface area contributed by atoms with Gasteiger partial charge in [-0.05, 0) is 43.2 Å². The second-order valence-electron chi connectivity index (χ2n) is 6.70. The van der Waals surface area contributed by atoms with Gasteiger partial charge in [0.1, 0.15) is 22.8 Å². The van der Waals surface area contributed by atoms with E-state index in [0.29, 0.717) is 34.3 Å². The van der Waals surface area contributed by atoms with Crippen LogP contribution in [0, 0.1) is 5.82 Å². The lowest BCUT2D eigenvalue weighted by molar-refractivity contribution is -0.144. The first-order valence-corrected chi connectivity index (χ1v) is 10.0. The summed E-state index contributed by atoms with van der Waals surface area (Å²) in [6.07, 6.45) is -0.234. The molecule has 0 saturated carbocycles. The van der Waals surface area contributed by atoms with Crippen LogP contribution < -0.4 is 9.47 Å². The van der Waals surface area contributed by atoms with E-state index in [9.17, 15) is 14.3 Å². The van der Waals surface area contributed by atoms with Gasteiger partial charge in [-0.3, -0.25) is 0 Å². The van der Waals surface area contributed by atoms with Gasteiger partial charge in [-0.1, -0.05) is 36.2 Å². The molecule has 1 atom stereocenters. The normalized spacial score (nSPS) is 12.1. The number of carboxylic acids is 1. The van der Waals surface area contributed by atoms with Gasteiger partial charge in [0.15, 0.2) is 6.10 Å². The van der Waals surface area contributed by atoms with Crippen molar-refractivity contribution in [3.05, 3.63) is 63.0 Å². The average Bonchev–Trinajstić information content (AvgIpc) is 2.71. The highest BCUT2D eigenvalue weighted by Gasteiger charge is 2.23. The molecule has 0 saturated heterocycles. The van der Waals surface area contributed by atoms with Crippen molar-refractivity contribution in [2.45, 2.75) is 32.8 Å². The van der Waals surface area contributed by atoms with Crippen LogP contribution in [0.4, 0.5) is 4.39 Å². The SMILES string of the molecule is CCc1nc2c(F)ccc(OC(C)C(=O)O)c2c(OC)c1Cc1ccc(Cl)cc1Cl. The van der Waals surface area contributed by atoms with Crippen LogP contribution in [-0.2, 0) is 17.6 Å². The molecule has 0 aliphatic heterocycles. The molecule has 1 aromatic heterocycles. The van der Waals surface area contributed by atoms with Gasteiger partial charge in [-0.25, -0.2) is 14.2 Å². The van der Waals surface area contributed by atoms with Crippen molar-refractivity contribution < 1.29 is 23.8 Å². The van der Waals surface area contributed by atoms with Crippen molar-refractivity contribution in [3.8, 4) is 11.5 Å². The van der Waals surface area contributed by atoms with E-state index < -0.39 is 17.9 Å². The molecule has 30 heavy (non-hydrogen) atoms. The van der Waals surface area contributed by atoms with Gasteiger partial charge in [0.25, 0.3) is 0 Å². The average molecular weight is 452 g/mol. The highest BCUT2D eigenvalue weighted by molar-refractivity contribution is 6.35. The minimum atomic E-state index is -1.14. The first-order chi connectivity index (χ1) is 14.3. The lowest BCUT2D eigenvalue weighted by Crippen LogP contribution is -2.23. The van der Waals surface area contributed by atoms with Crippen molar-refractivity contribution in [2.75, 3.05) is 7.11 Å². The molecule has 8 heteroatoms. The standard InChI is InChI=1S/C22H20Cl2FNO4/c1-4-17-14(9-12-5-6-13(23)10-15(12)24)21(29-3)19-18(30-11(2)22(27)28)8-7-16(25)20(19)26-17/h5-8,10-11H,4,9H2,1-3H3,(H,27,28).